The van der Waals surface area contributed by atoms with Gasteiger partial charge in [-0.3, -0.25) is 10.1 Å². The van der Waals surface area contributed by atoms with E-state index in [1.165, 1.54) is 0 Å². The zero-order valence-corrected chi connectivity index (χ0v) is 7.97. The van der Waals surface area contributed by atoms with Gasteiger partial charge in [0, 0.05) is 0 Å². The lowest BCUT2D eigenvalue weighted by atomic mass is 10.5. The molecule has 0 aliphatic carbocycles. The Labute approximate surface area is 91.1 Å². The summed E-state index contributed by atoms with van der Waals surface area (Å²) in [5, 5.41) is 31.1. The molecule has 0 aromatic carbocycles. The Morgan fingerprint density at radius 2 is 1.76 bits per heavy atom. The molecule has 2 rings (SSSR count). The van der Waals surface area contributed by atoms with Gasteiger partial charge in [0.15, 0.2) is 0 Å². The van der Waals surface area contributed by atoms with Gasteiger partial charge in [-0.15, -0.1) is 5.10 Å². The second-order valence-electron chi connectivity index (χ2n) is 2.89. The Kier molecular flexibility index (Phi) is 1.99. The Morgan fingerprint density at radius 3 is 2.29 bits per heavy atom. The summed E-state index contributed by atoms with van der Waals surface area (Å²) < 4.78 is 0.707. The predicted octanol–water partition coefficient (Wildman–Crippen LogP) is -0.895. The van der Waals surface area contributed by atoms with Crippen LogP contribution in [0, 0.1) is 20.2 Å². The Hall–Kier alpha value is -3.05. The van der Waals surface area contributed by atoms with Gasteiger partial charge in [0.2, 0.25) is 11.6 Å². The fraction of sp³-hybridized carbons (Fsp3) is 0. The molecule has 0 radical (unpaired) electrons. The molecule has 2 heterocycles. The van der Waals surface area contributed by atoms with Crippen molar-refractivity contribution >= 4 is 28.8 Å². The van der Waals surface area contributed by atoms with E-state index in [1.54, 1.807) is 0 Å². The number of anilines is 2. The molecular formula is C5H4N8O4. The average molecular weight is 240 g/mol. The maximum absolute atomic E-state index is 10.7. The van der Waals surface area contributed by atoms with Gasteiger partial charge in [-0.05, 0) is 10.0 Å². The Morgan fingerprint density at radius 1 is 1.12 bits per heavy atom. The van der Waals surface area contributed by atoms with E-state index in [0.717, 1.165) is 0 Å². The third kappa shape index (κ3) is 1.35. The minimum absolute atomic E-state index is 0.351. The number of nitrogens with two attached hydrogens (primary N) is 2. The van der Waals surface area contributed by atoms with Gasteiger partial charge in [-0.1, -0.05) is 0 Å². The van der Waals surface area contributed by atoms with Gasteiger partial charge in [-0.25, -0.2) is 0 Å². The SMILES string of the molecule is Nc1nn2c(N)c([N+](=O)[O-])nnc2c1[N+](=O)[O-]. The summed E-state index contributed by atoms with van der Waals surface area (Å²) in [6.45, 7) is 0. The Bertz CT molecular complexity index is 647. The van der Waals surface area contributed by atoms with Crippen molar-refractivity contribution in [3.05, 3.63) is 20.2 Å². The van der Waals surface area contributed by atoms with Crippen LogP contribution in [0.1, 0.15) is 0 Å². The molecule has 2 aromatic rings. The number of nitrogen functional groups attached to an aromatic ring is 2. The molecule has 12 nitrogen and oxygen atoms in total. The van der Waals surface area contributed by atoms with Crippen LogP contribution in [0.25, 0.3) is 5.65 Å². The largest absolute Gasteiger partial charge is 0.433 e. The van der Waals surface area contributed by atoms with Crippen molar-refractivity contribution in [1.82, 2.24) is 19.8 Å². The summed E-state index contributed by atoms with van der Waals surface area (Å²) in [6, 6.07) is 0. The third-order valence-electron chi connectivity index (χ3n) is 1.92. The highest BCUT2D eigenvalue weighted by Gasteiger charge is 2.29. The van der Waals surface area contributed by atoms with Crippen LogP contribution in [-0.2, 0) is 0 Å². The molecule has 0 unspecified atom stereocenters. The predicted molar refractivity (Wildman–Crippen MR) is 52.9 cm³/mol. The number of aromatic nitrogens is 4. The monoisotopic (exact) mass is 240 g/mol. The molecule has 12 heteroatoms. The van der Waals surface area contributed by atoms with E-state index in [9.17, 15) is 20.2 Å². The number of nitrogens with zero attached hydrogens (tertiary/aromatic N) is 6. The first-order chi connectivity index (χ1) is 7.93. The second kappa shape index (κ2) is 3.22. The standard InChI is InChI=1S/C5H4N8O4/c6-2-1(12(14)15)4-8-9-5(13(16)17)3(7)11(4)10-2/h7H2,(H2,6,10). The van der Waals surface area contributed by atoms with Gasteiger partial charge in [-0.2, -0.15) is 4.52 Å². The first-order valence-electron chi connectivity index (χ1n) is 4.02. The van der Waals surface area contributed by atoms with Crippen molar-refractivity contribution in [2.75, 3.05) is 11.5 Å². The van der Waals surface area contributed by atoms with E-state index in [4.69, 9.17) is 11.5 Å². The lowest BCUT2D eigenvalue weighted by Gasteiger charge is -1.96. The van der Waals surface area contributed by atoms with Crippen LogP contribution in [0.2, 0.25) is 0 Å². The van der Waals surface area contributed by atoms with Crippen LogP contribution in [0.15, 0.2) is 0 Å². The van der Waals surface area contributed by atoms with Gasteiger partial charge in [0.1, 0.15) is 0 Å². The van der Waals surface area contributed by atoms with E-state index >= 15 is 0 Å². The van der Waals surface area contributed by atoms with E-state index in [-0.39, 0.29) is 5.65 Å². The molecular weight excluding hydrogens is 236 g/mol. The highest BCUT2D eigenvalue weighted by molar-refractivity contribution is 5.73. The fourth-order valence-corrected chi connectivity index (χ4v) is 1.22. The van der Waals surface area contributed by atoms with Crippen LogP contribution < -0.4 is 11.5 Å². The summed E-state index contributed by atoms with van der Waals surface area (Å²) in [5.74, 6) is -1.69. The number of hydrogen-bond donors (Lipinski definition) is 2. The van der Waals surface area contributed by atoms with Gasteiger partial charge in [0.05, 0.1) is 10.0 Å². The van der Waals surface area contributed by atoms with E-state index < -0.39 is 33.0 Å². The minimum atomic E-state index is -0.883. The lowest BCUT2D eigenvalue weighted by molar-refractivity contribution is -0.389. The maximum Gasteiger partial charge on any atom is 0.433 e. The lowest BCUT2D eigenvalue weighted by Crippen LogP contribution is -2.07. The number of rotatable bonds is 2. The number of hydrogen-bond acceptors (Lipinski definition) is 9. The molecule has 0 aliphatic heterocycles. The van der Waals surface area contributed by atoms with Crippen LogP contribution in [-0.4, -0.2) is 29.7 Å². The molecule has 4 N–H and O–H groups in total. The molecule has 88 valence electrons. The fourth-order valence-electron chi connectivity index (χ4n) is 1.22. The molecule has 0 saturated heterocycles. The highest BCUT2D eigenvalue weighted by atomic mass is 16.6. The topological polar surface area (TPSA) is 181 Å². The molecule has 2 aromatic heterocycles. The zero-order valence-electron chi connectivity index (χ0n) is 7.97. The first-order valence-corrected chi connectivity index (χ1v) is 4.02. The van der Waals surface area contributed by atoms with Crippen molar-refractivity contribution in [1.29, 1.82) is 0 Å². The van der Waals surface area contributed by atoms with E-state index in [1.807, 2.05) is 0 Å². The smallest absolute Gasteiger partial charge is 0.376 e. The van der Waals surface area contributed by atoms with Crippen molar-refractivity contribution in [2.24, 2.45) is 0 Å². The molecule has 17 heavy (non-hydrogen) atoms. The molecule has 0 bridgehead atoms. The van der Waals surface area contributed by atoms with Gasteiger partial charge >= 0.3 is 11.5 Å². The number of nitro groups is 2. The third-order valence-corrected chi connectivity index (χ3v) is 1.92. The van der Waals surface area contributed by atoms with Gasteiger partial charge in [0.25, 0.3) is 5.65 Å². The van der Waals surface area contributed by atoms with Crippen LogP contribution in [0.4, 0.5) is 23.1 Å². The summed E-state index contributed by atoms with van der Waals surface area (Å²) in [5.41, 5.74) is 9.71. The normalized spacial score (nSPS) is 10.6. The molecule has 0 atom stereocenters. The molecule has 0 saturated carbocycles. The van der Waals surface area contributed by atoms with Crippen molar-refractivity contribution in [3.63, 3.8) is 0 Å². The van der Waals surface area contributed by atoms with Crippen molar-refractivity contribution < 1.29 is 9.85 Å². The summed E-state index contributed by atoms with van der Waals surface area (Å²) in [7, 11) is 0. The minimum Gasteiger partial charge on any atom is -0.376 e. The average Bonchev–Trinajstić information content (AvgIpc) is 2.55. The summed E-state index contributed by atoms with van der Waals surface area (Å²) in [6.07, 6.45) is 0. The second-order valence-corrected chi connectivity index (χ2v) is 2.89. The molecule has 0 aliphatic rings. The van der Waals surface area contributed by atoms with Crippen LogP contribution in [0.3, 0.4) is 0 Å². The van der Waals surface area contributed by atoms with E-state index in [2.05, 4.69) is 15.3 Å². The molecule has 0 spiro atoms. The first kappa shape index (κ1) is 10.5. The van der Waals surface area contributed by atoms with Gasteiger partial charge < -0.3 is 21.6 Å². The zero-order chi connectivity index (χ0) is 12.7. The summed E-state index contributed by atoms with van der Waals surface area (Å²) >= 11 is 0. The van der Waals surface area contributed by atoms with Crippen LogP contribution >= 0.6 is 0 Å². The van der Waals surface area contributed by atoms with E-state index in [0.29, 0.717) is 4.52 Å². The molecule has 0 amide bonds. The maximum atomic E-state index is 10.7. The van der Waals surface area contributed by atoms with Crippen LogP contribution in [0.5, 0.6) is 0 Å². The highest BCUT2D eigenvalue weighted by Crippen LogP contribution is 2.28. The Balaban J connectivity index is 2.86. The number of fused-ring (bicyclic) bond motifs is 1. The van der Waals surface area contributed by atoms with Crippen molar-refractivity contribution in [2.45, 2.75) is 0 Å². The summed E-state index contributed by atoms with van der Waals surface area (Å²) in [4.78, 5) is 19.5. The van der Waals surface area contributed by atoms with Crippen molar-refractivity contribution in [3.8, 4) is 0 Å². The quantitative estimate of drug-likeness (QED) is 0.496. The molecule has 0 fully saturated rings.